The first-order chi connectivity index (χ1) is 38.5. The fourth-order valence-electron chi connectivity index (χ4n) is 9.37. The van der Waals surface area contributed by atoms with Crippen LogP contribution in [0, 0.1) is 0 Å². The third-order valence-corrected chi connectivity index (χ3v) is 14.3. The van der Waals surface area contributed by atoms with Crippen molar-refractivity contribution < 1.29 is 28.6 Å². The van der Waals surface area contributed by atoms with E-state index in [0.29, 0.717) is 19.3 Å². The van der Waals surface area contributed by atoms with Crippen molar-refractivity contribution in [2.45, 2.75) is 329 Å². The summed E-state index contributed by atoms with van der Waals surface area (Å²) in [5.74, 6) is -0.945. The smallest absolute Gasteiger partial charge is 0.306 e. The van der Waals surface area contributed by atoms with Crippen LogP contribution in [0.3, 0.4) is 0 Å². The number of carbonyl (C=O) groups excluding carboxylic acids is 3. The molecule has 6 heteroatoms. The van der Waals surface area contributed by atoms with Gasteiger partial charge in [0.1, 0.15) is 13.2 Å². The second kappa shape index (κ2) is 65.8. The van der Waals surface area contributed by atoms with Gasteiger partial charge >= 0.3 is 17.9 Å². The van der Waals surface area contributed by atoms with Crippen LogP contribution in [0.2, 0.25) is 0 Å². The van der Waals surface area contributed by atoms with Gasteiger partial charge in [-0.25, -0.2) is 0 Å². The van der Waals surface area contributed by atoms with E-state index in [1.807, 2.05) is 0 Å². The summed E-state index contributed by atoms with van der Waals surface area (Å²) < 4.78 is 16.9. The van der Waals surface area contributed by atoms with Gasteiger partial charge in [0.25, 0.3) is 0 Å². The Hall–Kier alpha value is -3.67. The van der Waals surface area contributed by atoms with Gasteiger partial charge in [0.2, 0.25) is 0 Å². The minimum atomic E-state index is -0.803. The normalized spacial score (nSPS) is 12.7. The Morgan fingerprint density at radius 3 is 0.833 bits per heavy atom. The molecule has 0 fully saturated rings. The van der Waals surface area contributed by atoms with Crippen LogP contribution in [-0.4, -0.2) is 37.2 Å². The van der Waals surface area contributed by atoms with E-state index < -0.39 is 6.10 Å². The summed E-state index contributed by atoms with van der Waals surface area (Å²) in [5, 5.41) is 0. The third-order valence-electron chi connectivity index (χ3n) is 14.3. The first-order valence-corrected chi connectivity index (χ1v) is 33.2. The van der Waals surface area contributed by atoms with Gasteiger partial charge in [-0.2, -0.15) is 0 Å². The molecular weight excluding hydrogens is 961 g/mol. The van der Waals surface area contributed by atoms with E-state index in [-0.39, 0.29) is 37.5 Å². The van der Waals surface area contributed by atoms with E-state index in [1.54, 1.807) is 0 Å². The highest BCUT2D eigenvalue weighted by Crippen LogP contribution is 2.17. The largest absolute Gasteiger partial charge is 0.462 e. The van der Waals surface area contributed by atoms with Crippen molar-refractivity contribution >= 4 is 17.9 Å². The molecule has 0 aromatic rings. The molecule has 0 aromatic heterocycles. The zero-order valence-corrected chi connectivity index (χ0v) is 51.4. The highest BCUT2D eigenvalue weighted by molar-refractivity contribution is 5.71. The summed E-state index contributed by atoms with van der Waals surface area (Å²) in [5.41, 5.74) is 0. The fraction of sp³-hybridized carbons (Fsp3) is 0.736. The van der Waals surface area contributed by atoms with Crippen molar-refractivity contribution in [3.63, 3.8) is 0 Å². The standard InChI is InChI=1S/C72H124O6/c1-4-7-10-13-16-19-22-25-28-31-33-34-35-36-37-38-39-42-44-47-50-53-56-59-62-65-71(74)77-68-69(67-76-70(73)64-61-58-55-52-49-46-43-40-30-27-24-21-18-15-12-9-6-3)78-72(75)66-63-60-57-54-51-48-45-41-32-29-26-23-20-17-14-11-8-5-2/h9,12,18,21-22,25,27,30-31,33,35-36,43,46,52,55,69H,4-8,10-11,13-17,19-20,23-24,26,28-29,32,34,37-42,44-45,47-51,53-54,56-68H2,1-3H3/b12-9-,21-18-,25-22-,30-27-,33-31-,36-35-,46-43-,55-52-. The van der Waals surface area contributed by atoms with Crippen LogP contribution in [0.1, 0.15) is 323 Å². The Labute approximate surface area is 483 Å². The second-order valence-corrected chi connectivity index (χ2v) is 22.0. The lowest BCUT2D eigenvalue weighted by molar-refractivity contribution is -0.167. The zero-order valence-electron chi connectivity index (χ0n) is 51.4. The monoisotopic (exact) mass is 1080 g/mol. The Balaban J connectivity index is 4.40. The number of rotatable bonds is 60. The molecule has 0 aromatic carbocycles. The minimum Gasteiger partial charge on any atom is -0.462 e. The molecule has 0 aliphatic carbocycles. The van der Waals surface area contributed by atoms with Crippen LogP contribution in [0.4, 0.5) is 0 Å². The summed E-state index contributed by atoms with van der Waals surface area (Å²) in [7, 11) is 0. The van der Waals surface area contributed by atoms with Crippen LogP contribution in [-0.2, 0) is 28.6 Å². The quantitative estimate of drug-likeness (QED) is 0.0261. The van der Waals surface area contributed by atoms with Crippen molar-refractivity contribution in [1.82, 2.24) is 0 Å². The molecular formula is C72H124O6. The lowest BCUT2D eigenvalue weighted by Crippen LogP contribution is -2.30. The fourth-order valence-corrected chi connectivity index (χ4v) is 9.37. The number of allylic oxidation sites excluding steroid dienone is 16. The highest BCUT2D eigenvalue weighted by Gasteiger charge is 2.19. The number of ether oxygens (including phenoxy) is 3. The molecule has 0 aliphatic heterocycles. The van der Waals surface area contributed by atoms with E-state index in [9.17, 15) is 14.4 Å². The molecule has 448 valence electrons. The third kappa shape index (κ3) is 63.2. The predicted octanol–water partition coefficient (Wildman–Crippen LogP) is 22.8. The maximum absolute atomic E-state index is 12.9. The SMILES string of the molecule is CC/C=C\C/C=C\C/C=C\C/C=C\C/C=C\CCCC(=O)OCC(COC(=O)CCCCCCCCCCCC/C=C\C/C=C\C/C=C\CCCCCCC)OC(=O)CCCCCCCCCCCCCCCCCCCC. The lowest BCUT2D eigenvalue weighted by Gasteiger charge is -2.18. The summed E-state index contributed by atoms with van der Waals surface area (Å²) in [6.07, 6.45) is 88.5. The molecule has 0 spiro atoms. The molecule has 0 rings (SSSR count). The molecule has 1 unspecified atom stereocenters. The van der Waals surface area contributed by atoms with E-state index in [4.69, 9.17) is 14.2 Å². The number of carbonyl (C=O) groups is 3. The van der Waals surface area contributed by atoms with Gasteiger partial charge in [-0.1, -0.05) is 304 Å². The lowest BCUT2D eigenvalue weighted by atomic mass is 10.0. The molecule has 0 N–H and O–H groups in total. The highest BCUT2D eigenvalue weighted by atomic mass is 16.6. The average Bonchev–Trinajstić information content (AvgIpc) is 3.44. The first-order valence-electron chi connectivity index (χ1n) is 33.2. The molecule has 0 amide bonds. The van der Waals surface area contributed by atoms with Crippen LogP contribution in [0.25, 0.3) is 0 Å². The van der Waals surface area contributed by atoms with Crippen LogP contribution >= 0.6 is 0 Å². The topological polar surface area (TPSA) is 78.9 Å². The average molecular weight is 1090 g/mol. The maximum atomic E-state index is 12.9. The molecule has 78 heavy (non-hydrogen) atoms. The Kier molecular flexibility index (Phi) is 62.7. The molecule has 0 saturated heterocycles. The molecule has 0 heterocycles. The van der Waals surface area contributed by atoms with E-state index in [2.05, 4.69) is 118 Å². The molecule has 1 atom stereocenters. The van der Waals surface area contributed by atoms with Gasteiger partial charge in [-0.3, -0.25) is 14.4 Å². The summed E-state index contributed by atoms with van der Waals surface area (Å²) in [6, 6.07) is 0. The molecule has 0 aliphatic rings. The molecule has 0 saturated carbocycles. The van der Waals surface area contributed by atoms with Crippen molar-refractivity contribution in [3.05, 3.63) is 97.2 Å². The van der Waals surface area contributed by atoms with Gasteiger partial charge in [-0.05, 0) is 96.3 Å². The summed E-state index contributed by atoms with van der Waals surface area (Å²) in [4.78, 5) is 38.4. The van der Waals surface area contributed by atoms with Crippen LogP contribution < -0.4 is 0 Å². The van der Waals surface area contributed by atoms with Crippen molar-refractivity contribution in [2.24, 2.45) is 0 Å². The second-order valence-electron chi connectivity index (χ2n) is 22.0. The van der Waals surface area contributed by atoms with Gasteiger partial charge in [0.05, 0.1) is 0 Å². The molecule has 0 bridgehead atoms. The van der Waals surface area contributed by atoms with Crippen molar-refractivity contribution in [3.8, 4) is 0 Å². The minimum absolute atomic E-state index is 0.0951. The van der Waals surface area contributed by atoms with Crippen LogP contribution in [0.5, 0.6) is 0 Å². The van der Waals surface area contributed by atoms with E-state index >= 15 is 0 Å². The Bertz CT molecular complexity index is 1530. The van der Waals surface area contributed by atoms with Gasteiger partial charge < -0.3 is 14.2 Å². The van der Waals surface area contributed by atoms with Gasteiger partial charge in [-0.15, -0.1) is 0 Å². The van der Waals surface area contributed by atoms with E-state index in [1.165, 1.54) is 186 Å². The summed E-state index contributed by atoms with van der Waals surface area (Å²) >= 11 is 0. The van der Waals surface area contributed by atoms with Crippen molar-refractivity contribution in [2.75, 3.05) is 13.2 Å². The first kappa shape index (κ1) is 74.3. The van der Waals surface area contributed by atoms with Crippen molar-refractivity contribution in [1.29, 1.82) is 0 Å². The molecule has 6 nitrogen and oxygen atoms in total. The van der Waals surface area contributed by atoms with E-state index in [0.717, 1.165) is 89.9 Å². The molecule has 0 radical (unpaired) electrons. The zero-order chi connectivity index (χ0) is 56.4. The number of unbranched alkanes of at least 4 members (excludes halogenated alkanes) is 33. The van der Waals surface area contributed by atoms with Crippen LogP contribution in [0.15, 0.2) is 97.2 Å². The number of hydrogen-bond donors (Lipinski definition) is 0. The Morgan fingerprint density at radius 1 is 0.269 bits per heavy atom. The van der Waals surface area contributed by atoms with Gasteiger partial charge in [0, 0.05) is 19.3 Å². The number of hydrogen-bond acceptors (Lipinski definition) is 6. The Morgan fingerprint density at radius 2 is 0.513 bits per heavy atom. The number of esters is 3. The maximum Gasteiger partial charge on any atom is 0.306 e. The summed E-state index contributed by atoms with van der Waals surface area (Å²) in [6.45, 7) is 6.50. The predicted molar refractivity (Wildman–Crippen MR) is 339 cm³/mol. The van der Waals surface area contributed by atoms with Gasteiger partial charge in [0.15, 0.2) is 6.10 Å².